The van der Waals surface area contributed by atoms with Gasteiger partial charge in [0.25, 0.3) is 0 Å². The fourth-order valence-corrected chi connectivity index (χ4v) is 5.18. The summed E-state index contributed by atoms with van der Waals surface area (Å²) in [6.07, 6.45) is 1.64. The number of hydrogen-bond donors (Lipinski definition) is 0. The number of halogens is 2. The van der Waals surface area contributed by atoms with Crippen molar-refractivity contribution >= 4 is 47.9 Å². The Morgan fingerprint density at radius 1 is 1.31 bits per heavy atom. The second-order valence-electron chi connectivity index (χ2n) is 3.86. The SMILES string of the molecule is C[C](C)(C)[Sn][c]1cc(Cl)ncc1Cl. The summed E-state index contributed by atoms with van der Waals surface area (Å²) >= 11 is 11.2. The average molecular weight is 323 g/mol. The van der Waals surface area contributed by atoms with Crippen LogP contribution < -0.4 is 3.58 Å². The van der Waals surface area contributed by atoms with Gasteiger partial charge in [-0.1, -0.05) is 0 Å². The van der Waals surface area contributed by atoms with Crippen molar-refractivity contribution in [2.75, 3.05) is 0 Å². The first-order valence-electron chi connectivity index (χ1n) is 3.98. The van der Waals surface area contributed by atoms with E-state index in [2.05, 4.69) is 25.8 Å². The van der Waals surface area contributed by atoms with Crippen LogP contribution in [0.15, 0.2) is 12.3 Å². The Hall–Kier alpha value is 0.529. The summed E-state index contributed by atoms with van der Waals surface area (Å²) in [6.45, 7) is 6.72. The van der Waals surface area contributed by atoms with E-state index in [4.69, 9.17) is 23.2 Å². The van der Waals surface area contributed by atoms with Crippen LogP contribution in [-0.4, -0.2) is 26.1 Å². The van der Waals surface area contributed by atoms with E-state index in [0.29, 0.717) is 8.58 Å². The topological polar surface area (TPSA) is 12.9 Å². The third kappa shape index (κ3) is 4.05. The van der Waals surface area contributed by atoms with Crippen LogP contribution in [0.2, 0.25) is 13.6 Å². The van der Waals surface area contributed by atoms with Crippen LogP contribution in [-0.2, 0) is 0 Å². The summed E-state index contributed by atoms with van der Waals surface area (Å²) in [5.41, 5.74) is 0. The van der Waals surface area contributed by atoms with Gasteiger partial charge in [-0.3, -0.25) is 0 Å². The molecule has 0 bridgehead atoms. The Labute approximate surface area is 99.1 Å². The summed E-state index contributed by atoms with van der Waals surface area (Å²) < 4.78 is 1.62. The van der Waals surface area contributed by atoms with Gasteiger partial charge in [-0.25, -0.2) is 0 Å². The van der Waals surface area contributed by atoms with Crippen LogP contribution in [0.5, 0.6) is 0 Å². The van der Waals surface area contributed by atoms with E-state index in [9.17, 15) is 0 Å². The van der Waals surface area contributed by atoms with Crippen LogP contribution in [0, 0.1) is 0 Å². The Bertz CT molecular complexity index is 307. The summed E-state index contributed by atoms with van der Waals surface area (Å²) in [5, 5.41) is 1.32. The molecule has 0 fully saturated rings. The molecule has 0 aromatic carbocycles. The van der Waals surface area contributed by atoms with Crippen LogP contribution in [0.1, 0.15) is 20.8 Å². The molecule has 1 nitrogen and oxygen atoms in total. The molecule has 0 saturated heterocycles. The molecule has 70 valence electrons. The molecule has 1 heterocycles. The van der Waals surface area contributed by atoms with Gasteiger partial charge in [-0.2, -0.15) is 0 Å². The minimum atomic E-state index is -0.669. The first-order chi connectivity index (χ1) is 5.88. The molecule has 2 radical (unpaired) electrons. The van der Waals surface area contributed by atoms with Crippen molar-refractivity contribution in [2.45, 2.75) is 24.2 Å². The second kappa shape index (κ2) is 4.37. The summed E-state index contributed by atoms with van der Waals surface area (Å²) in [6, 6.07) is 1.90. The van der Waals surface area contributed by atoms with Crippen LogP contribution >= 0.6 is 23.2 Å². The molecule has 1 aromatic rings. The van der Waals surface area contributed by atoms with Crippen molar-refractivity contribution in [3.8, 4) is 0 Å². The zero-order chi connectivity index (χ0) is 10.1. The number of pyridine rings is 1. The molecule has 0 aliphatic heterocycles. The van der Waals surface area contributed by atoms with E-state index in [1.54, 1.807) is 6.20 Å². The molecule has 0 amide bonds. The van der Waals surface area contributed by atoms with Gasteiger partial charge in [0, 0.05) is 0 Å². The molecule has 0 saturated carbocycles. The summed E-state index contributed by atoms with van der Waals surface area (Å²) in [7, 11) is 0. The van der Waals surface area contributed by atoms with Crippen molar-refractivity contribution in [3.63, 3.8) is 0 Å². The number of rotatable bonds is 1. The van der Waals surface area contributed by atoms with Crippen molar-refractivity contribution in [2.24, 2.45) is 0 Å². The molecule has 0 N–H and O–H groups in total. The van der Waals surface area contributed by atoms with Crippen molar-refractivity contribution in [3.05, 3.63) is 22.4 Å². The number of hydrogen-bond acceptors (Lipinski definition) is 1. The molecule has 13 heavy (non-hydrogen) atoms. The molecule has 1 aromatic heterocycles. The first-order valence-corrected chi connectivity index (χ1v) is 7.59. The molecule has 0 atom stereocenters. The van der Waals surface area contributed by atoms with Gasteiger partial charge in [0.1, 0.15) is 0 Å². The van der Waals surface area contributed by atoms with Gasteiger partial charge in [-0.05, 0) is 0 Å². The maximum atomic E-state index is 6.02. The molecular formula is C9H11Cl2NSn. The number of nitrogens with zero attached hydrogens (tertiary/aromatic N) is 1. The summed E-state index contributed by atoms with van der Waals surface area (Å²) in [5.74, 6) is 0. The van der Waals surface area contributed by atoms with Gasteiger partial charge in [-0.15, -0.1) is 0 Å². The molecule has 4 heteroatoms. The molecule has 1 rings (SSSR count). The van der Waals surface area contributed by atoms with E-state index in [0.717, 1.165) is 5.02 Å². The minimum absolute atomic E-state index is 0.387. The van der Waals surface area contributed by atoms with Gasteiger partial charge in [0.15, 0.2) is 0 Å². The van der Waals surface area contributed by atoms with E-state index < -0.39 is 21.1 Å². The third-order valence-corrected chi connectivity index (χ3v) is 6.38. The quantitative estimate of drug-likeness (QED) is 0.572. The fraction of sp³-hybridized carbons (Fsp3) is 0.444. The van der Waals surface area contributed by atoms with E-state index in [-0.39, 0.29) is 0 Å². The van der Waals surface area contributed by atoms with Crippen molar-refractivity contribution in [1.82, 2.24) is 4.98 Å². The van der Waals surface area contributed by atoms with Crippen LogP contribution in [0.4, 0.5) is 0 Å². The van der Waals surface area contributed by atoms with Crippen molar-refractivity contribution in [1.29, 1.82) is 0 Å². The van der Waals surface area contributed by atoms with Crippen molar-refractivity contribution < 1.29 is 0 Å². The molecule has 0 aliphatic carbocycles. The summed E-state index contributed by atoms with van der Waals surface area (Å²) in [4.78, 5) is 3.93. The first kappa shape index (κ1) is 11.6. The zero-order valence-corrected chi connectivity index (χ0v) is 12.2. The maximum absolute atomic E-state index is 6.02. The Morgan fingerprint density at radius 3 is 2.46 bits per heavy atom. The molecule has 0 spiro atoms. The second-order valence-corrected chi connectivity index (χ2v) is 11.2. The fourth-order valence-electron chi connectivity index (χ4n) is 0.913. The molecule has 0 aliphatic rings. The van der Waals surface area contributed by atoms with E-state index >= 15 is 0 Å². The van der Waals surface area contributed by atoms with E-state index in [1.807, 2.05) is 6.07 Å². The standard InChI is InChI=1S/C5H2Cl2N.C4H9.Sn/c6-4-1-2-5(7)8-3-4;1-4(2)3;/h2-3H;1-3H3;. The van der Waals surface area contributed by atoms with Gasteiger partial charge >= 0.3 is 99.5 Å². The molecular weight excluding hydrogens is 312 g/mol. The Morgan fingerprint density at radius 2 is 1.92 bits per heavy atom. The van der Waals surface area contributed by atoms with Gasteiger partial charge < -0.3 is 0 Å². The number of aromatic nitrogens is 1. The van der Waals surface area contributed by atoms with Crippen LogP contribution in [0.3, 0.4) is 0 Å². The predicted molar refractivity (Wildman–Crippen MR) is 59.4 cm³/mol. The molecule has 0 unspecified atom stereocenters. The van der Waals surface area contributed by atoms with E-state index in [1.165, 1.54) is 3.58 Å². The third-order valence-electron chi connectivity index (χ3n) is 1.33. The average Bonchev–Trinajstić information content (AvgIpc) is 1.94. The van der Waals surface area contributed by atoms with Crippen LogP contribution in [0.25, 0.3) is 0 Å². The Kier molecular flexibility index (Phi) is 3.90. The zero-order valence-electron chi connectivity index (χ0n) is 7.86. The predicted octanol–water partition coefficient (Wildman–Crippen LogP) is 2.94. The monoisotopic (exact) mass is 323 g/mol. The van der Waals surface area contributed by atoms with Gasteiger partial charge in [0.2, 0.25) is 0 Å². The normalized spacial score (nSPS) is 11.8. The Balaban J connectivity index is 2.94. The van der Waals surface area contributed by atoms with Gasteiger partial charge in [0.05, 0.1) is 0 Å².